The molecule has 0 amide bonds. The fraction of sp³-hybridized carbons (Fsp3) is 0.286. The molecule has 2 aliphatic carbocycles. The Hall–Kier alpha value is -2.62. The quantitative estimate of drug-likeness (QED) is 0.799. The second kappa shape index (κ2) is 6.36. The molecule has 3 nitrogen and oxygen atoms in total. The number of halogens is 1. The number of carbonyl (C=O) groups is 1. The molecule has 1 aromatic heterocycles. The van der Waals surface area contributed by atoms with Crippen molar-refractivity contribution in [1.82, 2.24) is 4.57 Å². The lowest BCUT2D eigenvalue weighted by molar-refractivity contribution is 0.0781. The van der Waals surface area contributed by atoms with Gasteiger partial charge in [-0.3, -0.25) is 9.36 Å². The van der Waals surface area contributed by atoms with Crippen molar-refractivity contribution < 1.29 is 13.9 Å². The van der Waals surface area contributed by atoms with Crippen molar-refractivity contribution >= 4 is 5.91 Å². The number of hydrogen-bond acceptors (Lipinski definition) is 2. The van der Waals surface area contributed by atoms with Crippen LogP contribution in [0.3, 0.4) is 0 Å². The van der Waals surface area contributed by atoms with Gasteiger partial charge in [-0.1, -0.05) is 18.2 Å². The number of nitrogens with zero attached hydrogens (tertiary/aromatic N) is 1. The van der Waals surface area contributed by atoms with E-state index in [0.29, 0.717) is 5.92 Å². The molecule has 0 unspecified atom stereocenters. The maximum Gasteiger partial charge on any atom is 0.268 e. The maximum absolute atomic E-state index is 13.0. The van der Waals surface area contributed by atoms with Crippen molar-refractivity contribution in [3.05, 3.63) is 82.7 Å². The third-order valence-corrected chi connectivity index (χ3v) is 4.93. The van der Waals surface area contributed by atoms with Gasteiger partial charge in [0, 0.05) is 18.3 Å². The molecule has 0 saturated carbocycles. The molecule has 1 heterocycles. The number of benzene rings is 1. The zero-order chi connectivity index (χ0) is 17.4. The van der Waals surface area contributed by atoms with Crippen LogP contribution in [0.2, 0.25) is 0 Å². The predicted octanol–water partition coefficient (Wildman–Crippen LogP) is 4.60. The monoisotopic (exact) mass is 337 g/mol. The van der Waals surface area contributed by atoms with Crippen LogP contribution in [-0.4, -0.2) is 17.1 Å². The zero-order valence-corrected chi connectivity index (χ0v) is 14.2. The summed E-state index contributed by atoms with van der Waals surface area (Å²) in [7, 11) is 0. The highest BCUT2D eigenvalue weighted by Crippen LogP contribution is 2.46. The zero-order valence-electron chi connectivity index (χ0n) is 14.2. The molecule has 1 aromatic carbocycles. The van der Waals surface area contributed by atoms with Crippen LogP contribution in [0.15, 0.2) is 60.1 Å². The van der Waals surface area contributed by atoms with Crippen molar-refractivity contribution in [1.29, 1.82) is 0 Å². The predicted molar refractivity (Wildman–Crippen MR) is 94.0 cm³/mol. The van der Waals surface area contributed by atoms with Crippen molar-refractivity contribution in [2.45, 2.75) is 32.1 Å². The first-order chi connectivity index (χ1) is 12.1. The van der Waals surface area contributed by atoms with E-state index in [4.69, 9.17) is 4.74 Å². The first-order valence-electron chi connectivity index (χ1n) is 8.60. The third-order valence-electron chi connectivity index (χ3n) is 4.93. The van der Waals surface area contributed by atoms with Crippen LogP contribution in [0.25, 0.3) is 0 Å². The second-order valence-electron chi connectivity index (χ2n) is 6.73. The number of carbonyl (C=O) groups excluding carboxylic acids is 1. The topological polar surface area (TPSA) is 31.2 Å². The van der Waals surface area contributed by atoms with Gasteiger partial charge in [0.2, 0.25) is 0 Å². The van der Waals surface area contributed by atoms with E-state index in [2.05, 4.69) is 6.08 Å². The molecule has 0 bridgehead atoms. The van der Waals surface area contributed by atoms with E-state index in [0.717, 1.165) is 30.6 Å². The van der Waals surface area contributed by atoms with E-state index in [1.807, 2.05) is 37.5 Å². The molecule has 0 atom stereocenters. The maximum atomic E-state index is 13.0. The number of aromatic nitrogens is 1. The fourth-order valence-corrected chi connectivity index (χ4v) is 3.34. The lowest BCUT2D eigenvalue weighted by atomic mass is 10.1. The molecule has 0 saturated heterocycles. The van der Waals surface area contributed by atoms with Crippen molar-refractivity contribution in [3.8, 4) is 0 Å². The van der Waals surface area contributed by atoms with E-state index in [1.54, 1.807) is 4.57 Å². The van der Waals surface area contributed by atoms with Gasteiger partial charge >= 0.3 is 0 Å². The highest BCUT2D eigenvalue weighted by atomic mass is 19.1. The molecule has 0 aliphatic heterocycles. The molecular formula is C21H20FNO2. The highest BCUT2D eigenvalue weighted by molar-refractivity contribution is 5.82. The molecule has 2 aliphatic rings. The van der Waals surface area contributed by atoms with Crippen LogP contribution >= 0.6 is 0 Å². The number of ether oxygens (including phenoxy) is 1. The van der Waals surface area contributed by atoms with Gasteiger partial charge in [0.15, 0.2) is 6.61 Å². The smallest absolute Gasteiger partial charge is 0.268 e. The molecular weight excluding hydrogens is 317 g/mol. The molecule has 4 heteroatoms. The summed E-state index contributed by atoms with van der Waals surface area (Å²) in [6.45, 7) is 2.09. The number of hydrogen-bond donors (Lipinski definition) is 0. The summed E-state index contributed by atoms with van der Waals surface area (Å²) in [5.41, 5.74) is 4.70. The first-order valence-corrected chi connectivity index (χ1v) is 8.60. The van der Waals surface area contributed by atoms with Crippen molar-refractivity contribution in [2.75, 3.05) is 6.61 Å². The lowest BCUT2D eigenvalue weighted by Gasteiger charge is -2.13. The number of rotatable bonds is 5. The van der Waals surface area contributed by atoms with Crippen LogP contribution < -0.4 is 0 Å². The Labute approximate surface area is 146 Å². The summed E-state index contributed by atoms with van der Waals surface area (Å²) in [4.78, 5) is 12.3. The third kappa shape index (κ3) is 3.29. The fourth-order valence-electron chi connectivity index (χ4n) is 3.34. The van der Waals surface area contributed by atoms with E-state index in [-0.39, 0.29) is 18.3 Å². The Morgan fingerprint density at radius 2 is 1.96 bits per heavy atom. The Kier molecular flexibility index (Phi) is 4.04. The van der Waals surface area contributed by atoms with Crippen LogP contribution in [0.4, 0.5) is 4.39 Å². The van der Waals surface area contributed by atoms with Gasteiger partial charge in [0.1, 0.15) is 11.6 Å². The number of fused-ring (bicyclic) bond motifs is 1. The molecule has 0 fully saturated rings. The average Bonchev–Trinajstić information content (AvgIpc) is 3.04. The SMILES string of the molecule is CC1=C(OCC(=O)n2cc3c(c2)C3Cc2ccc(F)cc2)C=CCC1. The van der Waals surface area contributed by atoms with Crippen LogP contribution in [0.5, 0.6) is 0 Å². The van der Waals surface area contributed by atoms with Gasteiger partial charge in [0.25, 0.3) is 5.91 Å². The Bertz CT molecular complexity index is 852. The largest absolute Gasteiger partial charge is 0.484 e. The Morgan fingerprint density at radius 3 is 2.64 bits per heavy atom. The molecule has 0 radical (unpaired) electrons. The standard InChI is InChI=1S/C21H20FNO2/c1-14-4-2-3-5-20(14)25-13-21(24)23-11-18-17(19(18)12-23)10-15-6-8-16(22)9-7-15/h3,5-9,11-12,17H,2,4,10,13H2,1H3. The molecule has 4 rings (SSSR count). The molecule has 0 spiro atoms. The van der Waals surface area contributed by atoms with E-state index < -0.39 is 0 Å². The molecule has 0 N–H and O–H groups in total. The van der Waals surface area contributed by atoms with Gasteiger partial charge in [-0.2, -0.15) is 0 Å². The summed E-state index contributed by atoms with van der Waals surface area (Å²) in [5.74, 6) is 0.903. The molecule has 2 aromatic rings. The Balaban J connectivity index is 1.33. The normalized spacial score (nSPS) is 16.1. The van der Waals surface area contributed by atoms with Crippen molar-refractivity contribution in [3.63, 3.8) is 0 Å². The van der Waals surface area contributed by atoms with E-state index in [9.17, 15) is 9.18 Å². The van der Waals surface area contributed by atoms with Crippen LogP contribution in [0, 0.1) is 5.82 Å². The minimum atomic E-state index is -0.215. The van der Waals surface area contributed by atoms with Crippen molar-refractivity contribution in [2.24, 2.45) is 0 Å². The van der Waals surface area contributed by atoms with Gasteiger partial charge in [-0.15, -0.1) is 0 Å². The highest BCUT2D eigenvalue weighted by Gasteiger charge is 2.35. The van der Waals surface area contributed by atoms with E-state index in [1.165, 1.54) is 28.8 Å². The minimum Gasteiger partial charge on any atom is -0.484 e. The second-order valence-corrected chi connectivity index (χ2v) is 6.73. The summed E-state index contributed by atoms with van der Waals surface area (Å²) < 4.78 is 20.2. The summed E-state index contributed by atoms with van der Waals surface area (Å²) in [6, 6.07) is 6.60. The van der Waals surface area contributed by atoms with Gasteiger partial charge in [-0.25, -0.2) is 4.39 Å². The molecule has 25 heavy (non-hydrogen) atoms. The van der Waals surface area contributed by atoms with Crippen LogP contribution in [0.1, 0.15) is 47.2 Å². The Morgan fingerprint density at radius 1 is 1.24 bits per heavy atom. The summed E-state index contributed by atoms with van der Waals surface area (Å²) >= 11 is 0. The summed E-state index contributed by atoms with van der Waals surface area (Å²) in [5, 5.41) is 0. The van der Waals surface area contributed by atoms with Gasteiger partial charge < -0.3 is 4.74 Å². The number of allylic oxidation sites excluding steroid dienone is 3. The average molecular weight is 337 g/mol. The lowest BCUT2D eigenvalue weighted by Crippen LogP contribution is -2.16. The van der Waals surface area contributed by atoms with Gasteiger partial charge in [0.05, 0.1) is 0 Å². The van der Waals surface area contributed by atoms with Gasteiger partial charge in [-0.05, 0) is 66.7 Å². The molecule has 128 valence electrons. The summed E-state index contributed by atoms with van der Waals surface area (Å²) in [6.07, 6.45) is 10.7. The minimum absolute atomic E-state index is 0.0488. The first kappa shape index (κ1) is 15.9. The van der Waals surface area contributed by atoms with E-state index >= 15 is 0 Å². The van der Waals surface area contributed by atoms with Crippen LogP contribution in [-0.2, 0) is 11.2 Å².